The molecule has 0 bridgehead atoms. The molecular formula is C36H42F3N7O3. The Hall–Kier alpha value is -4.68. The van der Waals surface area contributed by atoms with Crippen molar-refractivity contribution in [1.82, 2.24) is 29.4 Å². The van der Waals surface area contributed by atoms with Crippen LogP contribution in [-0.2, 0) is 41.8 Å². The number of benzene rings is 2. The van der Waals surface area contributed by atoms with E-state index in [1.54, 1.807) is 16.9 Å². The van der Waals surface area contributed by atoms with Crippen molar-refractivity contribution in [3.05, 3.63) is 88.8 Å². The summed E-state index contributed by atoms with van der Waals surface area (Å²) in [6, 6.07) is 13.9. The van der Waals surface area contributed by atoms with Crippen LogP contribution in [0.2, 0.25) is 0 Å². The second-order valence-corrected chi connectivity index (χ2v) is 13.0. The maximum absolute atomic E-state index is 14.8. The quantitative estimate of drug-likeness (QED) is 0.198. The number of carbonyl (C=O) groups is 2. The Morgan fingerprint density at radius 3 is 2.47 bits per heavy atom. The Labute approximate surface area is 283 Å². The molecule has 2 aromatic carbocycles. The van der Waals surface area contributed by atoms with E-state index in [4.69, 9.17) is 4.74 Å². The number of hydrogen-bond donors (Lipinski definition) is 1. The van der Waals surface area contributed by atoms with Crippen LogP contribution in [0.15, 0.2) is 54.7 Å². The van der Waals surface area contributed by atoms with Crippen LogP contribution in [0.1, 0.15) is 85.5 Å². The smallest absolute Gasteiger partial charge is 0.451 e. The Kier molecular flexibility index (Phi) is 10.1. The van der Waals surface area contributed by atoms with Gasteiger partial charge in [-0.25, -0.2) is 0 Å². The highest BCUT2D eigenvalue weighted by atomic mass is 19.4. The number of carbonyl (C=O) groups excluding carboxylic acids is 2. The number of ether oxygens (including phenoxy) is 1. The summed E-state index contributed by atoms with van der Waals surface area (Å²) in [6.45, 7) is 6.15. The molecule has 2 unspecified atom stereocenters. The predicted molar refractivity (Wildman–Crippen MR) is 177 cm³/mol. The Balaban J connectivity index is 1.38. The number of para-hydroxylation sites is 1. The van der Waals surface area contributed by atoms with Crippen LogP contribution >= 0.6 is 0 Å². The molecule has 260 valence electrons. The number of nitrogens with one attached hydrogen (secondary N) is 1. The normalized spacial score (nSPS) is 17.3. The fraction of sp³-hybridized carbons (Fsp3) is 0.472. The Morgan fingerprint density at radius 2 is 1.76 bits per heavy atom. The van der Waals surface area contributed by atoms with E-state index in [1.165, 1.54) is 11.3 Å². The van der Waals surface area contributed by atoms with Crippen molar-refractivity contribution in [1.29, 1.82) is 0 Å². The van der Waals surface area contributed by atoms with Gasteiger partial charge in [-0.05, 0) is 87.8 Å². The average Bonchev–Trinajstić information content (AvgIpc) is 3.74. The third kappa shape index (κ3) is 7.50. The molecule has 1 aliphatic heterocycles. The lowest BCUT2D eigenvalue weighted by Crippen LogP contribution is -2.46. The van der Waals surface area contributed by atoms with Crippen LogP contribution in [0.3, 0.4) is 0 Å². The summed E-state index contributed by atoms with van der Waals surface area (Å²) in [6.07, 6.45) is 2.56. The SMILES string of the molecule is CCn1nccc1C(C(=O)Nc1c(C)cccc1C)N(Cc1cccc(OC2CCCCC2)c1)C(=O)C1CCn2c(nnc2C(F)(F)F)C1. The molecular weight excluding hydrogens is 635 g/mol. The first-order chi connectivity index (χ1) is 23.5. The molecule has 0 saturated heterocycles. The first-order valence-electron chi connectivity index (χ1n) is 17.0. The Bertz CT molecular complexity index is 1770. The van der Waals surface area contributed by atoms with Crippen LogP contribution in [0, 0.1) is 19.8 Å². The van der Waals surface area contributed by atoms with Crippen LogP contribution < -0.4 is 10.1 Å². The maximum atomic E-state index is 14.8. The largest absolute Gasteiger partial charge is 0.490 e. The topological polar surface area (TPSA) is 107 Å². The van der Waals surface area contributed by atoms with Gasteiger partial charge in [0.15, 0.2) is 6.04 Å². The van der Waals surface area contributed by atoms with Crippen LogP contribution in [0.4, 0.5) is 18.9 Å². The van der Waals surface area contributed by atoms with E-state index in [9.17, 15) is 22.8 Å². The lowest BCUT2D eigenvalue weighted by atomic mass is 9.94. The number of alkyl halides is 3. The van der Waals surface area contributed by atoms with Crippen molar-refractivity contribution in [3.63, 3.8) is 0 Å². The zero-order valence-electron chi connectivity index (χ0n) is 28.0. The van der Waals surface area contributed by atoms with Gasteiger partial charge in [0.25, 0.3) is 5.91 Å². The van der Waals surface area contributed by atoms with Crippen molar-refractivity contribution in [2.45, 2.75) is 104 Å². The van der Waals surface area contributed by atoms with Crippen LogP contribution in [0.25, 0.3) is 0 Å². The summed E-state index contributed by atoms with van der Waals surface area (Å²) in [5.74, 6) is -1.81. The summed E-state index contributed by atoms with van der Waals surface area (Å²) in [5.41, 5.74) is 3.67. The van der Waals surface area contributed by atoms with Gasteiger partial charge in [-0.2, -0.15) is 18.3 Å². The number of fused-ring (bicyclic) bond motifs is 1. The van der Waals surface area contributed by atoms with E-state index in [1.807, 2.05) is 63.2 Å². The number of aryl methyl sites for hydroxylation is 3. The zero-order valence-corrected chi connectivity index (χ0v) is 28.0. The lowest BCUT2D eigenvalue weighted by molar-refractivity contribution is -0.148. The fourth-order valence-electron chi connectivity index (χ4n) is 7.05. The molecule has 2 amide bonds. The highest BCUT2D eigenvalue weighted by molar-refractivity contribution is 5.99. The third-order valence-corrected chi connectivity index (χ3v) is 9.57. The summed E-state index contributed by atoms with van der Waals surface area (Å²) in [7, 11) is 0. The number of hydrogen-bond acceptors (Lipinski definition) is 6. The molecule has 2 aromatic heterocycles. The van der Waals surface area contributed by atoms with E-state index in [0.29, 0.717) is 23.7 Å². The number of halogens is 3. The van der Waals surface area contributed by atoms with Crippen molar-refractivity contribution < 1.29 is 27.5 Å². The first-order valence-corrected chi connectivity index (χ1v) is 17.0. The molecule has 2 aliphatic rings. The molecule has 49 heavy (non-hydrogen) atoms. The van der Waals surface area contributed by atoms with E-state index in [-0.39, 0.29) is 43.8 Å². The minimum absolute atomic E-state index is 0.0402. The van der Waals surface area contributed by atoms with E-state index in [2.05, 4.69) is 20.6 Å². The molecule has 1 fully saturated rings. The van der Waals surface area contributed by atoms with E-state index in [0.717, 1.165) is 46.9 Å². The number of rotatable bonds is 10. The molecule has 2 atom stereocenters. The van der Waals surface area contributed by atoms with Gasteiger partial charge in [0.1, 0.15) is 11.6 Å². The van der Waals surface area contributed by atoms with E-state index >= 15 is 0 Å². The maximum Gasteiger partial charge on any atom is 0.451 e. The van der Waals surface area contributed by atoms with Gasteiger partial charge in [0.2, 0.25) is 11.7 Å². The summed E-state index contributed by atoms with van der Waals surface area (Å²) in [4.78, 5) is 30.8. The molecule has 0 radical (unpaired) electrons. The van der Waals surface area contributed by atoms with Crippen LogP contribution in [0.5, 0.6) is 5.75 Å². The minimum Gasteiger partial charge on any atom is -0.490 e. The fourth-order valence-corrected chi connectivity index (χ4v) is 7.05. The Morgan fingerprint density at radius 1 is 1.02 bits per heavy atom. The highest BCUT2D eigenvalue weighted by Gasteiger charge is 2.43. The first kappa shape index (κ1) is 34.2. The molecule has 1 aliphatic carbocycles. The van der Waals surface area contributed by atoms with E-state index < -0.39 is 29.9 Å². The molecule has 1 N–H and O–H groups in total. The minimum atomic E-state index is -4.66. The third-order valence-electron chi connectivity index (χ3n) is 9.57. The second kappa shape index (κ2) is 14.4. The molecule has 4 aromatic rings. The summed E-state index contributed by atoms with van der Waals surface area (Å²) < 4.78 is 49.9. The van der Waals surface area contributed by atoms with Gasteiger partial charge in [-0.15, -0.1) is 10.2 Å². The van der Waals surface area contributed by atoms with Crippen LogP contribution in [-0.4, -0.2) is 47.4 Å². The van der Waals surface area contributed by atoms with Gasteiger partial charge >= 0.3 is 6.18 Å². The standard InChI is InChI=1S/C36H42F3N7O3/c1-4-46-29(16-18-40-46)32(33(47)41-31-23(2)10-8-11-24(31)3)45(22-25-12-9-15-28(20-25)49-27-13-6-5-7-14-27)34(48)26-17-19-44-30(21-26)42-43-35(44)36(37,38)39/h8-12,15-16,18,20,26-27,32H,4-7,13-14,17,19,21-22H2,1-3H3,(H,41,47). The number of anilines is 1. The summed E-state index contributed by atoms with van der Waals surface area (Å²) >= 11 is 0. The average molecular weight is 678 g/mol. The summed E-state index contributed by atoms with van der Waals surface area (Å²) in [5, 5.41) is 14.7. The van der Waals surface area contributed by atoms with Crippen molar-refractivity contribution in [2.75, 3.05) is 5.32 Å². The van der Waals surface area contributed by atoms with Gasteiger partial charge in [-0.1, -0.05) is 36.8 Å². The van der Waals surface area contributed by atoms with Gasteiger partial charge in [-0.3, -0.25) is 14.3 Å². The molecule has 3 heterocycles. The number of aromatic nitrogens is 5. The number of nitrogens with zero attached hydrogens (tertiary/aromatic N) is 6. The van der Waals surface area contributed by atoms with Gasteiger partial charge < -0.3 is 19.5 Å². The highest BCUT2D eigenvalue weighted by Crippen LogP contribution is 2.35. The molecule has 13 heteroatoms. The zero-order chi connectivity index (χ0) is 34.7. The van der Waals surface area contributed by atoms with Crippen molar-refractivity contribution >= 4 is 17.5 Å². The molecule has 1 saturated carbocycles. The molecule has 6 rings (SSSR count). The van der Waals surface area contributed by atoms with Gasteiger partial charge in [0.05, 0.1) is 11.8 Å². The lowest BCUT2D eigenvalue weighted by Gasteiger charge is -2.35. The molecule has 0 spiro atoms. The van der Waals surface area contributed by atoms with Crippen molar-refractivity contribution in [3.8, 4) is 5.75 Å². The predicted octanol–water partition coefficient (Wildman–Crippen LogP) is 6.81. The number of amides is 2. The van der Waals surface area contributed by atoms with Crippen molar-refractivity contribution in [2.24, 2.45) is 5.92 Å². The van der Waals surface area contributed by atoms with Gasteiger partial charge in [0, 0.05) is 43.9 Å². The monoisotopic (exact) mass is 677 g/mol. The molecule has 10 nitrogen and oxygen atoms in total. The second-order valence-electron chi connectivity index (χ2n) is 13.0.